The summed E-state index contributed by atoms with van der Waals surface area (Å²) in [5.41, 5.74) is 5.52. The molecule has 62 valence electrons. The van der Waals surface area contributed by atoms with Gasteiger partial charge in [-0.2, -0.15) is 0 Å². The third kappa shape index (κ3) is 3.85. The largest absolute Gasteiger partial charge is 0.392 e. The van der Waals surface area contributed by atoms with Gasteiger partial charge in [0.25, 0.3) is 0 Å². The number of hydrogen-bond donors (Lipinski definition) is 2. The van der Waals surface area contributed by atoms with Crippen LogP contribution in [0, 0.1) is 5.41 Å². The van der Waals surface area contributed by atoms with E-state index in [1.54, 1.807) is 0 Å². The van der Waals surface area contributed by atoms with Gasteiger partial charge >= 0.3 is 0 Å². The summed E-state index contributed by atoms with van der Waals surface area (Å²) in [7, 11) is 0. The number of aliphatic hydroxyl groups is 1. The van der Waals surface area contributed by atoms with E-state index >= 15 is 0 Å². The fraction of sp³-hybridized carbons (Fsp3) is 1.00. The van der Waals surface area contributed by atoms with Gasteiger partial charge in [0.1, 0.15) is 0 Å². The lowest BCUT2D eigenvalue weighted by Crippen LogP contribution is -2.26. The molecule has 0 aliphatic rings. The third-order valence-corrected chi connectivity index (χ3v) is 2.02. The minimum Gasteiger partial charge on any atom is -0.392 e. The van der Waals surface area contributed by atoms with E-state index in [4.69, 9.17) is 5.73 Å². The molecule has 0 aromatic rings. The first-order valence-electron chi connectivity index (χ1n) is 3.90. The van der Waals surface area contributed by atoms with E-state index in [0.29, 0.717) is 6.54 Å². The van der Waals surface area contributed by atoms with Crippen LogP contribution in [-0.4, -0.2) is 17.8 Å². The number of hydrogen-bond acceptors (Lipinski definition) is 2. The number of aliphatic hydroxyl groups excluding tert-OH is 1. The highest BCUT2D eigenvalue weighted by molar-refractivity contribution is 4.71. The predicted molar refractivity (Wildman–Crippen MR) is 43.8 cm³/mol. The molecule has 0 aromatic heterocycles. The van der Waals surface area contributed by atoms with Gasteiger partial charge in [0.2, 0.25) is 0 Å². The molecule has 0 spiro atoms. The lowest BCUT2D eigenvalue weighted by Gasteiger charge is -2.24. The Morgan fingerprint density at radius 1 is 1.50 bits per heavy atom. The molecule has 0 unspecified atom stereocenters. The van der Waals surface area contributed by atoms with Crippen molar-refractivity contribution in [2.24, 2.45) is 11.1 Å². The van der Waals surface area contributed by atoms with Gasteiger partial charge in [0.15, 0.2) is 0 Å². The summed E-state index contributed by atoms with van der Waals surface area (Å²) in [4.78, 5) is 0. The minimum absolute atomic E-state index is 0.235. The van der Waals surface area contributed by atoms with Gasteiger partial charge < -0.3 is 10.8 Å². The third-order valence-electron chi connectivity index (χ3n) is 2.02. The Morgan fingerprint density at radius 3 is 2.30 bits per heavy atom. The zero-order valence-electron chi connectivity index (χ0n) is 7.22. The van der Waals surface area contributed by atoms with Gasteiger partial charge in [-0.05, 0) is 11.8 Å². The van der Waals surface area contributed by atoms with Crippen molar-refractivity contribution in [1.29, 1.82) is 0 Å². The molecular weight excluding hydrogens is 126 g/mol. The molecule has 0 aliphatic heterocycles. The van der Waals surface area contributed by atoms with E-state index in [1.807, 2.05) is 0 Å². The fourth-order valence-electron chi connectivity index (χ4n) is 0.866. The van der Waals surface area contributed by atoms with Crippen molar-refractivity contribution < 1.29 is 5.11 Å². The second-order valence-electron chi connectivity index (χ2n) is 3.61. The normalized spacial score (nSPS) is 15.3. The maximum absolute atomic E-state index is 9.20. The Morgan fingerprint density at radius 2 is 2.00 bits per heavy atom. The molecule has 2 heteroatoms. The molecule has 0 fully saturated rings. The number of nitrogens with two attached hydrogens (primary N) is 1. The summed E-state index contributed by atoms with van der Waals surface area (Å²) < 4.78 is 0. The van der Waals surface area contributed by atoms with Crippen molar-refractivity contribution in [3.05, 3.63) is 0 Å². The molecule has 0 saturated heterocycles. The smallest absolute Gasteiger partial charge is 0.0667 e. The fourth-order valence-corrected chi connectivity index (χ4v) is 0.866. The highest BCUT2D eigenvalue weighted by Gasteiger charge is 2.18. The summed E-state index contributed by atoms with van der Waals surface area (Å²) in [6, 6.07) is 0. The van der Waals surface area contributed by atoms with Crippen LogP contribution in [0.4, 0.5) is 0 Å². The van der Waals surface area contributed by atoms with E-state index in [2.05, 4.69) is 20.8 Å². The molecule has 10 heavy (non-hydrogen) atoms. The van der Waals surface area contributed by atoms with Crippen molar-refractivity contribution in [3.63, 3.8) is 0 Å². The Labute approximate surface area is 63.4 Å². The second kappa shape index (κ2) is 3.94. The van der Waals surface area contributed by atoms with Crippen LogP contribution >= 0.6 is 0 Å². The van der Waals surface area contributed by atoms with Gasteiger partial charge in [0.05, 0.1) is 6.10 Å². The van der Waals surface area contributed by atoms with Crippen molar-refractivity contribution in [2.75, 3.05) is 6.54 Å². The van der Waals surface area contributed by atoms with Crippen LogP contribution in [-0.2, 0) is 0 Å². The molecule has 0 saturated carbocycles. The Bertz CT molecular complexity index is 91.3. The monoisotopic (exact) mass is 145 g/mol. The first-order valence-corrected chi connectivity index (χ1v) is 3.90. The van der Waals surface area contributed by atoms with Crippen LogP contribution in [0.3, 0.4) is 0 Å². The van der Waals surface area contributed by atoms with Gasteiger partial charge in [-0.3, -0.25) is 0 Å². The zero-order valence-corrected chi connectivity index (χ0v) is 7.22. The molecule has 0 aliphatic carbocycles. The summed E-state index contributed by atoms with van der Waals surface area (Å²) >= 11 is 0. The van der Waals surface area contributed by atoms with E-state index in [1.165, 1.54) is 0 Å². The Kier molecular flexibility index (Phi) is 3.91. The molecule has 0 amide bonds. The number of rotatable bonds is 4. The van der Waals surface area contributed by atoms with Crippen LogP contribution < -0.4 is 5.73 Å². The average Bonchev–Trinajstić information content (AvgIpc) is 1.87. The first-order chi connectivity index (χ1) is 4.52. The van der Waals surface area contributed by atoms with Crippen LogP contribution in [0.5, 0.6) is 0 Å². The van der Waals surface area contributed by atoms with E-state index in [0.717, 1.165) is 12.8 Å². The predicted octanol–water partition coefficient (Wildman–Crippen LogP) is 1.13. The maximum atomic E-state index is 9.20. The molecule has 0 heterocycles. The first kappa shape index (κ1) is 9.92. The molecule has 0 radical (unpaired) electrons. The molecule has 0 aromatic carbocycles. The van der Waals surface area contributed by atoms with Gasteiger partial charge in [-0.1, -0.05) is 27.2 Å². The van der Waals surface area contributed by atoms with Crippen LogP contribution in [0.2, 0.25) is 0 Å². The van der Waals surface area contributed by atoms with Gasteiger partial charge in [0, 0.05) is 6.54 Å². The highest BCUT2D eigenvalue weighted by atomic mass is 16.3. The summed E-state index contributed by atoms with van der Waals surface area (Å²) in [6.07, 6.45) is 1.57. The molecule has 0 bridgehead atoms. The van der Waals surface area contributed by atoms with E-state index in [9.17, 15) is 5.11 Å². The Hall–Kier alpha value is -0.0800. The average molecular weight is 145 g/mol. The van der Waals surface area contributed by atoms with Crippen molar-refractivity contribution >= 4 is 0 Å². The summed E-state index contributed by atoms with van der Waals surface area (Å²) in [5, 5.41) is 9.20. The maximum Gasteiger partial charge on any atom is 0.0667 e. The van der Waals surface area contributed by atoms with Gasteiger partial charge in [-0.15, -0.1) is 0 Å². The highest BCUT2D eigenvalue weighted by Crippen LogP contribution is 2.25. The van der Waals surface area contributed by atoms with Crippen LogP contribution in [0.15, 0.2) is 0 Å². The molecule has 3 N–H and O–H groups in total. The van der Waals surface area contributed by atoms with E-state index in [-0.39, 0.29) is 11.5 Å². The molecule has 2 nitrogen and oxygen atoms in total. The zero-order chi connectivity index (χ0) is 8.20. The SMILES string of the molecule is CCC(C)(C)C[C@@H](O)CN. The lowest BCUT2D eigenvalue weighted by atomic mass is 9.84. The lowest BCUT2D eigenvalue weighted by molar-refractivity contribution is 0.118. The van der Waals surface area contributed by atoms with Crippen molar-refractivity contribution in [1.82, 2.24) is 0 Å². The molecule has 1 atom stereocenters. The Balaban J connectivity index is 3.64. The van der Waals surface area contributed by atoms with Crippen molar-refractivity contribution in [2.45, 2.75) is 39.7 Å². The molecule has 0 rings (SSSR count). The van der Waals surface area contributed by atoms with Crippen LogP contribution in [0.1, 0.15) is 33.6 Å². The van der Waals surface area contributed by atoms with Crippen molar-refractivity contribution in [3.8, 4) is 0 Å². The topological polar surface area (TPSA) is 46.2 Å². The van der Waals surface area contributed by atoms with E-state index < -0.39 is 0 Å². The quantitative estimate of drug-likeness (QED) is 0.623. The standard InChI is InChI=1S/C8H19NO/c1-4-8(2,3)5-7(10)6-9/h7,10H,4-6,9H2,1-3H3/t7-/m1/s1. The van der Waals surface area contributed by atoms with Crippen LogP contribution in [0.25, 0.3) is 0 Å². The summed E-state index contributed by atoms with van der Waals surface area (Å²) in [5.74, 6) is 0. The summed E-state index contributed by atoms with van der Waals surface area (Å²) in [6.45, 7) is 6.80. The van der Waals surface area contributed by atoms with Gasteiger partial charge in [-0.25, -0.2) is 0 Å². The minimum atomic E-state index is -0.324. The second-order valence-corrected chi connectivity index (χ2v) is 3.61. The molecular formula is C8H19NO.